The second-order valence-electron chi connectivity index (χ2n) is 5.04. The fourth-order valence-corrected chi connectivity index (χ4v) is 1.87. The van der Waals surface area contributed by atoms with Gasteiger partial charge in [-0.1, -0.05) is 6.92 Å². The summed E-state index contributed by atoms with van der Waals surface area (Å²) in [5.74, 6) is 0. The van der Waals surface area contributed by atoms with Crippen LogP contribution in [0.25, 0.3) is 0 Å². The lowest BCUT2D eigenvalue weighted by Crippen LogP contribution is -2.28. The van der Waals surface area contributed by atoms with Crippen molar-refractivity contribution < 1.29 is 26.3 Å². The molecule has 1 aromatic carbocycles. The monoisotopic (exact) mass is 313 g/mol. The Kier molecular flexibility index (Phi) is 5.30. The highest BCUT2D eigenvalue weighted by atomic mass is 19.4. The normalized spacial score (nSPS) is 15.9. The highest BCUT2D eigenvalue weighted by Gasteiger charge is 2.37. The van der Waals surface area contributed by atoms with Crippen molar-refractivity contribution in [3.8, 4) is 0 Å². The Bertz CT molecular complexity index is 445. The average Bonchev–Trinajstić information content (AvgIpc) is 2.35. The zero-order valence-corrected chi connectivity index (χ0v) is 11.9. The molecule has 0 aliphatic heterocycles. The molecule has 0 aromatic heterocycles. The van der Waals surface area contributed by atoms with Crippen molar-refractivity contribution in [3.63, 3.8) is 0 Å². The minimum Gasteiger partial charge on any atom is -0.308 e. The van der Waals surface area contributed by atoms with Crippen LogP contribution in [0, 0.1) is 0 Å². The van der Waals surface area contributed by atoms with Gasteiger partial charge in [-0.25, -0.2) is 0 Å². The molecule has 0 bridgehead atoms. The maximum absolute atomic E-state index is 12.7. The van der Waals surface area contributed by atoms with Crippen molar-refractivity contribution in [1.82, 2.24) is 5.32 Å². The largest absolute Gasteiger partial charge is 0.416 e. The van der Waals surface area contributed by atoms with Crippen LogP contribution in [0.2, 0.25) is 0 Å². The number of hydrogen-bond donors (Lipinski definition) is 1. The number of halogens is 6. The van der Waals surface area contributed by atoms with Crippen molar-refractivity contribution in [2.45, 2.75) is 51.6 Å². The molecule has 0 radical (unpaired) electrons. The average molecular weight is 313 g/mol. The number of alkyl halides is 6. The zero-order chi connectivity index (χ0) is 16.4. The maximum atomic E-state index is 12.7. The third-order valence-corrected chi connectivity index (χ3v) is 3.26. The minimum absolute atomic E-state index is 0.0103. The fourth-order valence-electron chi connectivity index (χ4n) is 1.87. The standard InChI is InChI=1S/C14H17F6N/c1-4-8(2)21-9(3)10-5-11(13(15,16)17)7-12(6-10)14(18,19)20/h5-9,21H,4H2,1-3H3. The summed E-state index contributed by atoms with van der Waals surface area (Å²) in [5.41, 5.74) is -2.60. The van der Waals surface area contributed by atoms with Crippen LogP contribution in [-0.2, 0) is 12.4 Å². The Balaban J connectivity index is 3.25. The van der Waals surface area contributed by atoms with Gasteiger partial charge in [-0.15, -0.1) is 0 Å². The SMILES string of the molecule is CCC(C)NC(C)c1cc(C(F)(F)F)cc(C(F)(F)F)c1. The minimum atomic E-state index is -4.81. The van der Waals surface area contributed by atoms with Gasteiger partial charge in [0.05, 0.1) is 11.1 Å². The van der Waals surface area contributed by atoms with E-state index < -0.39 is 29.5 Å². The molecular weight excluding hydrogens is 296 g/mol. The van der Waals surface area contributed by atoms with Crippen LogP contribution in [-0.4, -0.2) is 6.04 Å². The smallest absolute Gasteiger partial charge is 0.308 e. The van der Waals surface area contributed by atoms with Crippen molar-refractivity contribution in [3.05, 3.63) is 34.9 Å². The second kappa shape index (κ2) is 6.25. The quantitative estimate of drug-likeness (QED) is 0.756. The summed E-state index contributed by atoms with van der Waals surface area (Å²) in [6.45, 7) is 5.23. The molecule has 0 aliphatic carbocycles. The number of hydrogen-bond acceptors (Lipinski definition) is 1. The van der Waals surface area contributed by atoms with Crippen LogP contribution < -0.4 is 5.32 Å². The first-order valence-corrected chi connectivity index (χ1v) is 6.50. The molecule has 1 N–H and O–H groups in total. The molecule has 120 valence electrons. The summed E-state index contributed by atoms with van der Waals surface area (Å²) < 4.78 is 76.4. The molecule has 0 amide bonds. The van der Waals surface area contributed by atoms with Crippen molar-refractivity contribution in [2.24, 2.45) is 0 Å². The summed E-state index contributed by atoms with van der Waals surface area (Å²) in [7, 11) is 0. The Labute approximate surface area is 119 Å². The summed E-state index contributed by atoms with van der Waals surface area (Å²) in [5, 5.41) is 2.97. The number of rotatable bonds is 4. The topological polar surface area (TPSA) is 12.0 Å². The molecule has 0 heterocycles. The van der Waals surface area contributed by atoms with Crippen LogP contribution in [0.5, 0.6) is 0 Å². The highest BCUT2D eigenvalue weighted by molar-refractivity contribution is 5.35. The summed E-state index contributed by atoms with van der Waals surface area (Å²) in [6.07, 6.45) is -8.91. The van der Waals surface area contributed by atoms with E-state index in [-0.39, 0.29) is 17.7 Å². The van der Waals surface area contributed by atoms with Gasteiger partial charge in [0.2, 0.25) is 0 Å². The van der Waals surface area contributed by atoms with Crippen LogP contribution in [0.4, 0.5) is 26.3 Å². The second-order valence-corrected chi connectivity index (χ2v) is 5.04. The van der Waals surface area contributed by atoms with Crippen LogP contribution in [0.3, 0.4) is 0 Å². The number of nitrogens with one attached hydrogen (secondary N) is 1. The zero-order valence-electron chi connectivity index (χ0n) is 11.9. The Morgan fingerprint density at radius 2 is 1.33 bits per heavy atom. The van der Waals surface area contributed by atoms with E-state index in [4.69, 9.17) is 0 Å². The third-order valence-electron chi connectivity index (χ3n) is 3.26. The molecule has 0 saturated heterocycles. The molecule has 0 aliphatic rings. The van der Waals surface area contributed by atoms with Gasteiger partial charge in [0.15, 0.2) is 0 Å². The van der Waals surface area contributed by atoms with Crippen LogP contribution in [0.1, 0.15) is 49.9 Å². The molecular formula is C14H17F6N. The molecule has 7 heteroatoms. The lowest BCUT2D eigenvalue weighted by Gasteiger charge is -2.21. The van der Waals surface area contributed by atoms with E-state index in [1.54, 1.807) is 6.92 Å². The predicted molar refractivity (Wildman–Crippen MR) is 67.7 cm³/mol. The Hall–Kier alpha value is -1.24. The summed E-state index contributed by atoms with van der Waals surface area (Å²) in [4.78, 5) is 0. The summed E-state index contributed by atoms with van der Waals surface area (Å²) >= 11 is 0. The molecule has 2 unspecified atom stereocenters. The van der Waals surface area contributed by atoms with Gasteiger partial charge in [0.25, 0.3) is 0 Å². The first kappa shape index (κ1) is 17.8. The van der Waals surface area contributed by atoms with Crippen molar-refractivity contribution in [1.29, 1.82) is 0 Å². The first-order valence-electron chi connectivity index (χ1n) is 6.50. The Morgan fingerprint density at radius 3 is 1.67 bits per heavy atom. The molecule has 0 spiro atoms. The van der Waals surface area contributed by atoms with Gasteiger partial charge in [-0.2, -0.15) is 26.3 Å². The first-order chi connectivity index (χ1) is 9.45. The Morgan fingerprint density at radius 1 is 0.905 bits per heavy atom. The van der Waals surface area contributed by atoms with Gasteiger partial charge < -0.3 is 5.32 Å². The van der Waals surface area contributed by atoms with Gasteiger partial charge in [0, 0.05) is 12.1 Å². The van der Waals surface area contributed by atoms with E-state index in [0.717, 1.165) is 18.6 Å². The molecule has 0 saturated carbocycles. The molecule has 1 rings (SSSR count). The van der Waals surface area contributed by atoms with E-state index in [9.17, 15) is 26.3 Å². The maximum Gasteiger partial charge on any atom is 0.416 e. The van der Waals surface area contributed by atoms with Crippen LogP contribution in [0.15, 0.2) is 18.2 Å². The van der Waals surface area contributed by atoms with Gasteiger partial charge in [-0.3, -0.25) is 0 Å². The highest BCUT2D eigenvalue weighted by Crippen LogP contribution is 2.37. The lowest BCUT2D eigenvalue weighted by atomic mass is 9.99. The van der Waals surface area contributed by atoms with Crippen LogP contribution >= 0.6 is 0 Å². The molecule has 2 atom stereocenters. The van der Waals surface area contributed by atoms with Gasteiger partial charge >= 0.3 is 12.4 Å². The summed E-state index contributed by atoms with van der Waals surface area (Å²) in [6, 6.07) is 1.04. The number of benzene rings is 1. The third kappa shape index (κ3) is 4.91. The van der Waals surface area contributed by atoms with E-state index in [0.29, 0.717) is 0 Å². The molecule has 0 fully saturated rings. The van der Waals surface area contributed by atoms with Gasteiger partial charge in [-0.05, 0) is 44.0 Å². The van der Waals surface area contributed by atoms with E-state index in [1.807, 2.05) is 13.8 Å². The molecule has 21 heavy (non-hydrogen) atoms. The van der Waals surface area contributed by atoms with E-state index in [2.05, 4.69) is 5.32 Å². The molecule has 1 nitrogen and oxygen atoms in total. The predicted octanol–water partition coefficient (Wildman–Crippen LogP) is 5.17. The fraction of sp³-hybridized carbons (Fsp3) is 0.571. The van der Waals surface area contributed by atoms with E-state index >= 15 is 0 Å². The van der Waals surface area contributed by atoms with Gasteiger partial charge in [0.1, 0.15) is 0 Å². The van der Waals surface area contributed by atoms with Crippen molar-refractivity contribution >= 4 is 0 Å². The van der Waals surface area contributed by atoms with Crippen molar-refractivity contribution in [2.75, 3.05) is 0 Å². The molecule has 1 aromatic rings. The van der Waals surface area contributed by atoms with E-state index in [1.165, 1.54) is 0 Å². The lowest BCUT2D eigenvalue weighted by molar-refractivity contribution is -0.143.